The molecule has 0 amide bonds. The van der Waals surface area contributed by atoms with Crippen LogP contribution in [-0.4, -0.2) is 30.6 Å². The minimum Gasteiger partial charge on any atom is -0.311 e. The summed E-state index contributed by atoms with van der Waals surface area (Å²) in [5, 5.41) is 3.37. The number of rotatable bonds is 5. The Labute approximate surface area is 103 Å². The Bertz CT molecular complexity index is 354. The maximum Gasteiger partial charge on any atom is 0.127 e. The minimum absolute atomic E-state index is 0.112. The van der Waals surface area contributed by atoms with Crippen LogP contribution in [0.2, 0.25) is 0 Å². The standard InChI is InChI=1S/C14H21FN2/c1-2-17-9-5-7-13(17)11-16-10-12-6-3-4-8-14(12)15/h3-4,6,8,13,16H,2,5,7,9-11H2,1H3. The lowest BCUT2D eigenvalue weighted by molar-refractivity contribution is 0.259. The molecule has 0 radical (unpaired) electrons. The van der Waals surface area contributed by atoms with Crippen molar-refractivity contribution >= 4 is 0 Å². The number of likely N-dealkylation sites (N-methyl/N-ethyl adjacent to an activating group) is 1. The molecule has 1 heterocycles. The first-order valence-corrected chi connectivity index (χ1v) is 6.49. The monoisotopic (exact) mass is 236 g/mol. The van der Waals surface area contributed by atoms with E-state index in [1.165, 1.54) is 25.5 Å². The predicted molar refractivity (Wildman–Crippen MR) is 68.4 cm³/mol. The maximum absolute atomic E-state index is 13.4. The Balaban J connectivity index is 1.78. The van der Waals surface area contributed by atoms with Gasteiger partial charge in [-0.2, -0.15) is 0 Å². The number of hydrogen-bond donors (Lipinski definition) is 1. The fourth-order valence-electron chi connectivity index (χ4n) is 2.56. The van der Waals surface area contributed by atoms with Crippen LogP contribution in [0.25, 0.3) is 0 Å². The van der Waals surface area contributed by atoms with Crippen LogP contribution in [0.5, 0.6) is 0 Å². The lowest BCUT2D eigenvalue weighted by Crippen LogP contribution is -2.37. The number of nitrogens with zero attached hydrogens (tertiary/aromatic N) is 1. The minimum atomic E-state index is -0.112. The van der Waals surface area contributed by atoms with Crippen LogP contribution < -0.4 is 5.32 Å². The van der Waals surface area contributed by atoms with E-state index in [4.69, 9.17) is 0 Å². The highest BCUT2D eigenvalue weighted by atomic mass is 19.1. The maximum atomic E-state index is 13.4. The summed E-state index contributed by atoms with van der Waals surface area (Å²) in [4.78, 5) is 2.49. The SMILES string of the molecule is CCN1CCCC1CNCc1ccccc1F. The molecule has 1 saturated heterocycles. The molecule has 2 nitrogen and oxygen atoms in total. The summed E-state index contributed by atoms with van der Waals surface area (Å²) in [7, 11) is 0. The molecular weight excluding hydrogens is 215 g/mol. The van der Waals surface area contributed by atoms with Gasteiger partial charge in [-0.1, -0.05) is 25.1 Å². The number of benzene rings is 1. The predicted octanol–water partition coefficient (Wildman–Crippen LogP) is 2.40. The van der Waals surface area contributed by atoms with Crippen molar-refractivity contribution < 1.29 is 4.39 Å². The van der Waals surface area contributed by atoms with Crippen molar-refractivity contribution in [3.63, 3.8) is 0 Å². The Morgan fingerprint density at radius 1 is 1.41 bits per heavy atom. The van der Waals surface area contributed by atoms with Gasteiger partial charge in [-0.25, -0.2) is 4.39 Å². The molecule has 1 N–H and O–H groups in total. The van der Waals surface area contributed by atoms with Crippen molar-refractivity contribution in [3.8, 4) is 0 Å². The first-order valence-electron chi connectivity index (χ1n) is 6.49. The molecule has 1 aromatic rings. The molecule has 1 aliphatic heterocycles. The van der Waals surface area contributed by atoms with Gasteiger partial charge < -0.3 is 5.32 Å². The third-order valence-electron chi connectivity index (χ3n) is 3.56. The average molecular weight is 236 g/mol. The topological polar surface area (TPSA) is 15.3 Å². The van der Waals surface area contributed by atoms with Gasteiger partial charge in [0.1, 0.15) is 5.82 Å². The van der Waals surface area contributed by atoms with Crippen LogP contribution in [-0.2, 0) is 6.54 Å². The molecule has 2 rings (SSSR count). The fourth-order valence-corrected chi connectivity index (χ4v) is 2.56. The second kappa shape index (κ2) is 6.12. The van der Waals surface area contributed by atoms with E-state index < -0.39 is 0 Å². The number of halogens is 1. The van der Waals surface area contributed by atoms with E-state index >= 15 is 0 Å². The highest BCUT2D eigenvalue weighted by molar-refractivity contribution is 5.16. The van der Waals surface area contributed by atoms with Gasteiger partial charge in [0.2, 0.25) is 0 Å². The van der Waals surface area contributed by atoms with Crippen molar-refractivity contribution in [3.05, 3.63) is 35.6 Å². The van der Waals surface area contributed by atoms with Gasteiger partial charge in [-0.15, -0.1) is 0 Å². The fraction of sp³-hybridized carbons (Fsp3) is 0.571. The smallest absolute Gasteiger partial charge is 0.127 e. The van der Waals surface area contributed by atoms with Crippen molar-refractivity contribution in [2.75, 3.05) is 19.6 Å². The van der Waals surface area contributed by atoms with Crippen LogP contribution in [0.4, 0.5) is 4.39 Å². The van der Waals surface area contributed by atoms with Crippen molar-refractivity contribution in [1.29, 1.82) is 0 Å². The Hall–Kier alpha value is -0.930. The molecule has 1 fully saturated rings. The molecule has 94 valence electrons. The highest BCUT2D eigenvalue weighted by Gasteiger charge is 2.22. The first kappa shape index (κ1) is 12.5. The van der Waals surface area contributed by atoms with Gasteiger partial charge in [-0.05, 0) is 32.0 Å². The Morgan fingerprint density at radius 2 is 2.24 bits per heavy atom. The Kier molecular flexibility index (Phi) is 4.51. The van der Waals surface area contributed by atoms with Crippen molar-refractivity contribution in [2.45, 2.75) is 32.4 Å². The zero-order valence-electron chi connectivity index (χ0n) is 10.5. The number of hydrogen-bond acceptors (Lipinski definition) is 2. The summed E-state index contributed by atoms with van der Waals surface area (Å²) in [6, 6.07) is 7.61. The summed E-state index contributed by atoms with van der Waals surface area (Å²) >= 11 is 0. The molecule has 0 aromatic heterocycles. The summed E-state index contributed by atoms with van der Waals surface area (Å²) < 4.78 is 13.4. The molecule has 3 heteroatoms. The van der Waals surface area contributed by atoms with Gasteiger partial charge in [0.05, 0.1) is 0 Å². The third kappa shape index (κ3) is 3.27. The zero-order chi connectivity index (χ0) is 12.1. The molecule has 1 unspecified atom stereocenters. The van der Waals surface area contributed by atoms with Gasteiger partial charge in [0, 0.05) is 24.7 Å². The highest BCUT2D eigenvalue weighted by Crippen LogP contribution is 2.15. The van der Waals surface area contributed by atoms with Crippen LogP contribution in [0.1, 0.15) is 25.3 Å². The lowest BCUT2D eigenvalue weighted by atomic mass is 10.2. The molecule has 1 aliphatic rings. The summed E-state index contributed by atoms with van der Waals surface area (Å²) in [5.41, 5.74) is 0.758. The molecule has 1 aromatic carbocycles. The molecule has 0 saturated carbocycles. The van der Waals surface area contributed by atoms with E-state index in [1.54, 1.807) is 6.07 Å². The van der Waals surface area contributed by atoms with E-state index in [9.17, 15) is 4.39 Å². The lowest BCUT2D eigenvalue weighted by Gasteiger charge is -2.23. The largest absolute Gasteiger partial charge is 0.311 e. The third-order valence-corrected chi connectivity index (χ3v) is 3.56. The van der Waals surface area contributed by atoms with E-state index in [1.807, 2.05) is 12.1 Å². The van der Waals surface area contributed by atoms with Crippen LogP contribution >= 0.6 is 0 Å². The number of likely N-dealkylation sites (tertiary alicyclic amines) is 1. The molecular formula is C14H21FN2. The van der Waals surface area contributed by atoms with Gasteiger partial charge in [0.25, 0.3) is 0 Å². The average Bonchev–Trinajstić information content (AvgIpc) is 2.79. The summed E-state index contributed by atoms with van der Waals surface area (Å²) in [5.74, 6) is -0.112. The van der Waals surface area contributed by atoms with Crippen LogP contribution in [0.3, 0.4) is 0 Å². The normalized spacial score (nSPS) is 20.9. The first-order chi connectivity index (χ1) is 8.31. The molecule has 17 heavy (non-hydrogen) atoms. The van der Waals surface area contributed by atoms with E-state index in [-0.39, 0.29) is 5.82 Å². The van der Waals surface area contributed by atoms with E-state index in [2.05, 4.69) is 17.1 Å². The van der Waals surface area contributed by atoms with Crippen LogP contribution in [0.15, 0.2) is 24.3 Å². The molecule has 0 spiro atoms. The molecule has 0 aliphatic carbocycles. The Morgan fingerprint density at radius 3 is 3.00 bits per heavy atom. The summed E-state index contributed by atoms with van der Waals surface area (Å²) in [6.45, 7) is 6.12. The number of nitrogens with one attached hydrogen (secondary N) is 1. The molecule has 0 bridgehead atoms. The van der Waals surface area contributed by atoms with Gasteiger partial charge >= 0.3 is 0 Å². The van der Waals surface area contributed by atoms with Gasteiger partial charge in [-0.3, -0.25) is 4.90 Å². The second-order valence-corrected chi connectivity index (χ2v) is 4.65. The van der Waals surface area contributed by atoms with Crippen LogP contribution in [0, 0.1) is 5.82 Å². The van der Waals surface area contributed by atoms with Crippen molar-refractivity contribution in [2.24, 2.45) is 0 Å². The van der Waals surface area contributed by atoms with Crippen molar-refractivity contribution in [1.82, 2.24) is 10.2 Å². The zero-order valence-corrected chi connectivity index (χ0v) is 10.5. The van der Waals surface area contributed by atoms with E-state index in [0.29, 0.717) is 12.6 Å². The van der Waals surface area contributed by atoms with E-state index in [0.717, 1.165) is 18.7 Å². The summed E-state index contributed by atoms with van der Waals surface area (Å²) in [6.07, 6.45) is 2.55. The molecule has 1 atom stereocenters. The van der Waals surface area contributed by atoms with Gasteiger partial charge in [0.15, 0.2) is 0 Å². The quantitative estimate of drug-likeness (QED) is 0.844. The second-order valence-electron chi connectivity index (χ2n) is 4.65.